The number of pyridine rings is 1. The highest BCUT2D eigenvalue weighted by atomic mass is 19.4. The average molecular weight is 598 g/mol. The van der Waals surface area contributed by atoms with E-state index in [1.165, 1.54) is 14.0 Å². The van der Waals surface area contributed by atoms with E-state index in [0.29, 0.717) is 18.1 Å². The van der Waals surface area contributed by atoms with Crippen LogP contribution < -0.4 is 15.7 Å². The van der Waals surface area contributed by atoms with Crippen LogP contribution >= 0.6 is 0 Å². The number of H-pyrrole nitrogens is 1. The molecule has 13 nitrogen and oxygen atoms in total. The Hall–Kier alpha value is -4.49. The fourth-order valence-corrected chi connectivity index (χ4v) is 3.27. The highest BCUT2D eigenvalue weighted by Crippen LogP contribution is 2.35. The van der Waals surface area contributed by atoms with Gasteiger partial charge in [-0.3, -0.25) is 24.1 Å². The normalized spacial score (nSPS) is 12.8. The van der Waals surface area contributed by atoms with E-state index in [4.69, 9.17) is 9.57 Å². The van der Waals surface area contributed by atoms with Crippen LogP contribution in [0.2, 0.25) is 0 Å². The molecule has 3 aromatic rings. The van der Waals surface area contributed by atoms with Gasteiger partial charge in [-0.2, -0.15) is 41.1 Å². The number of rotatable bonds is 8. The number of aryl methyl sites for hydroxylation is 1. The van der Waals surface area contributed by atoms with Gasteiger partial charge in [0.2, 0.25) is 11.7 Å². The number of aromatic nitrogens is 6. The number of ether oxygens (including phenoxy) is 1. The van der Waals surface area contributed by atoms with Crippen molar-refractivity contribution in [3.05, 3.63) is 45.1 Å². The number of aromatic amines is 1. The van der Waals surface area contributed by atoms with Crippen molar-refractivity contribution in [3.63, 3.8) is 0 Å². The predicted octanol–water partition coefficient (Wildman–Crippen LogP) is 2.85. The molecule has 3 heterocycles. The van der Waals surface area contributed by atoms with Gasteiger partial charge in [-0.05, 0) is 26.8 Å². The number of hydrogen-bond acceptors (Lipinski definition) is 8. The lowest BCUT2D eigenvalue weighted by molar-refractivity contribution is -0.190. The van der Waals surface area contributed by atoms with Crippen LogP contribution in [0.4, 0.5) is 36.4 Å². The Morgan fingerprint density at radius 1 is 1.22 bits per heavy atom. The molecular formula is C21H21F7N8O5. The van der Waals surface area contributed by atoms with Crippen molar-refractivity contribution in [2.75, 3.05) is 19.5 Å². The smallest absolute Gasteiger partial charge is 0.434 e. The first-order valence-electron chi connectivity index (χ1n) is 11.3. The molecule has 1 unspecified atom stereocenters. The highest BCUT2D eigenvalue weighted by molar-refractivity contribution is 6.06. The van der Waals surface area contributed by atoms with Crippen LogP contribution in [0.3, 0.4) is 0 Å². The van der Waals surface area contributed by atoms with Crippen molar-refractivity contribution in [2.45, 2.75) is 45.8 Å². The number of alkyl halides is 6. The zero-order valence-electron chi connectivity index (χ0n) is 21.7. The number of amides is 2. The Kier molecular flexibility index (Phi) is 8.46. The summed E-state index contributed by atoms with van der Waals surface area (Å²) in [4.78, 5) is 46.7. The standard InChI is InChI=1S/C21H21F7N8O5/c1-6-35-15(18(38)34(4)40-5)33-36(19(35)39)14-11(22)7-10(17(30-14)41-9(3)20(23,24)25)16(37)29-12-8(2)31-32-13(12)21(26,27)28/h7,9H,6H2,1-5H3,(H,29,37)(H,31,32). The van der Waals surface area contributed by atoms with Gasteiger partial charge in [0, 0.05) is 13.6 Å². The van der Waals surface area contributed by atoms with Crippen LogP contribution in [0.5, 0.6) is 5.88 Å². The van der Waals surface area contributed by atoms with Gasteiger partial charge in [0.1, 0.15) is 5.56 Å². The summed E-state index contributed by atoms with van der Waals surface area (Å²) in [5, 5.41) is 11.2. The molecule has 0 aromatic carbocycles. The number of hydroxylamine groups is 2. The first-order chi connectivity index (χ1) is 18.9. The summed E-state index contributed by atoms with van der Waals surface area (Å²) < 4.78 is 101. The van der Waals surface area contributed by atoms with E-state index in [1.807, 2.05) is 5.32 Å². The lowest BCUT2D eigenvalue weighted by Crippen LogP contribution is -2.33. The van der Waals surface area contributed by atoms with Crippen LogP contribution in [-0.2, 0) is 17.6 Å². The minimum Gasteiger partial charge on any atom is -0.464 e. The summed E-state index contributed by atoms with van der Waals surface area (Å²) in [5.74, 6) is -6.88. The molecule has 0 aliphatic carbocycles. The van der Waals surface area contributed by atoms with Crippen LogP contribution in [-0.4, -0.2) is 72.8 Å². The molecule has 3 rings (SSSR count). The summed E-state index contributed by atoms with van der Waals surface area (Å²) in [6.45, 7) is 2.87. The van der Waals surface area contributed by atoms with Gasteiger partial charge in [0.25, 0.3) is 5.91 Å². The van der Waals surface area contributed by atoms with Crippen molar-refractivity contribution < 1.29 is 49.9 Å². The van der Waals surface area contributed by atoms with Gasteiger partial charge in [-0.25, -0.2) is 14.2 Å². The number of nitrogens with one attached hydrogen (secondary N) is 2. The molecule has 0 aliphatic rings. The van der Waals surface area contributed by atoms with E-state index in [2.05, 4.69) is 15.2 Å². The molecule has 0 saturated carbocycles. The summed E-state index contributed by atoms with van der Waals surface area (Å²) >= 11 is 0. The number of anilines is 1. The quantitative estimate of drug-likeness (QED) is 0.297. The fraction of sp³-hybridized carbons (Fsp3) is 0.429. The van der Waals surface area contributed by atoms with E-state index in [0.717, 1.165) is 18.6 Å². The van der Waals surface area contributed by atoms with Gasteiger partial charge < -0.3 is 10.1 Å². The third-order valence-electron chi connectivity index (χ3n) is 5.52. The molecule has 0 radical (unpaired) electrons. The topological polar surface area (TPSA) is 149 Å². The van der Waals surface area contributed by atoms with Gasteiger partial charge in [-0.15, -0.1) is 5.10 Å². The van der Waals surface area contributed by atoms with E-state index in [1.54, 1.807) is 5.10 Å². The molecule has 0 spiro atoms. The first kappa shape index (κ1) is 31.0. The van der Waals surface area contributed by atoms with Crippen molar-refractivity contribution >= 4 is 17.5 Å². The second-order valence-corrected chi connectivity index (χ2v) is 8.21. The Labute approximate surface area is 224 Å². The third-order valence-corrected chi connectivity index (χ3v) is 5.52. The second-order valence-electron chi connectivity index (χ2n) is 8.21. The SMILES string of the molecule is CCn1c(C(=O)N(C)OC)nn(-c2nc(OC(C)C(F)(F)F)c(C(=O)Nc3c(C)n[nH]c3C(F)(F)F)cc2F)c1=O. The van der Waals surface area contributed by atoms with Gasteiger partial charge in [-0.1, -0.05) is 0 Å². The molecule has 0 fully saturated rings. The van der Waals surface area contributed by atoms with Crippen molar-refractivity contribution in [1.29, 1.82) is 0 Å². The zero-order chi connectivity index (χ0) is 31.0. The van der Waals surface area contributed by atoms with Crippen LogP contribution in [0.25, 0.3) is 5.82 Å². The summed E-state index contributed by atoms with van der Waals surface area (Å²) in [6, 6.07) is 0.291. The molecule has 0 bridgehead atoms. The Morgan fingerprint density at radius 2 is 1.85 bits per heavy atom. The molecule has 1 atom stereocenters. The van der Waals surface area contributed by atoms with E-state index < -0.39 is 76.2 Å². The second kappa shape index (κ2) is 11.2. The largest absolute Gasteiger partial charge is 0.464 e. The number of carbonyl (C=O) groups is 2. The highest BCUT2D eigenvalue weighted by Gasteiger charge is 2.40. The summed E-state index contributed by atoms with van der Waals surface area (Å²) in [5.41, 5.74) is -4.94. The maximum Gasteiger partial charge on any atom is 0.434 e. The fourth-order valence-electron chi connectivity index (χ4n) is 3.27. The van der Waals surface area contributed by atoms with E-state index in [9.17, 15) is 40.7 Å². The van der Waals surface area contributed by atoms with Crippen LogP contribution in [0.1, 0.15) is 46.2 Å². The lowest BCUT2D eigenvalue weighted by atomic mass is 10.2. The van der Waals surface area contributed by atoms with Gasteiger partial charge in [0.15, 0.2) is 23.4 Å². The van der Waals surface area contributed by atoms with Crippen molar-refractivity contribution in [2.24, 2.45) is 0 Å². The maximum absolute atomic E-state index is 15.3. The Morgan fingerprint density at radius 3 is 2.39 bits per heavy atom. The Bertz CT molecular complexity index is 1530. The van der Waals surface area contributed by atoms with Crippen molar-refractivity contribution in [1.82, 2.24) is 34.6 Å². The van der Waals surface area contributed by atoms with Gasteiger partial charge in [0.05, 0.1) is 18.5 Å². The zero-order valence-corrected chi connectivity index (χ0v) is 21.7. The van der Waals surface area contributed by atoms with Crippen molar-refractivity contribution in [3.8, 4) is 11.7 Å². The average Bonchev–Trinajstić information content (AvgIpc) is 3.42. The van der Waals surface area contributed by atoms with E-state index >= 15 is 4.39 Å². The third kappa shape index (κ3) is 6.15. The minimum absolute atomic E-state index is 0.167. The Balaban J connectivity index is 2.19. The van der Waals surface area contributed by atoms with Crippen LogP contribution in [0.15, 0.2) is 10.9 Å². The number of carbonyl (C=O) groups excluding carboxylic acids is 2. The number of nitrogens with zero attached hydrogens (tertiary/aromatic N) is 6. The number of hydrogen-bond donors (Lipinski definition) is 2. The maximum atomic E-state index is 15.3. The molecule has 224 valence electrons. The summed E-state index contributed by atoms with van der Waals surface area (Å²) in [7, 11) is 2.30. The van der Waals surface area contributed by atoms with Crippen LogP contribution in [0, 0.1) is 12.7 Å². The molecule has 41 heavy (non-hydrogen) atoms. The molecule has 2 N–H and O–H groups in total. The van der Waals surface area contributed by atoms with E-state index in [-0.39, 0.29) is 16.9 Å². The first-order valence-corrected chi connectivity index (χ1v) is 11.3. The molecule has 0 aliphatic heterocycles. The minimum atomic E-state index is -5.03. The molecule has 0 saturated heterocycles. The monoisotopic (exact) mass is 598 g/mol. The molecular weight excluding hydrogens is 577 g/mol. The van der Waals surface area contributed by atoms with Gasteiger partial charge >= 0.3 is 23.9 Å². The summed E-state index contributed by atoms with van der Waals surface area (Å²) in [6.07, 6.45) is -12.7. The predicted molar refractivity (Wildman–Crippen MR) is 123 cm³/mol. The molecule has 20 heteroatoms. The molecule has 3 aromatic heterocycles. The number of halogens is 7. The lowest BCUT2D eigenvalue weighted by Gasteiger charge is -2.19. The molecule has 2 amide bonds.